The van der Waals surface area contributed by atoms with Gasteiger partial charge in [0.1, 0.15) is 0 Å². The molecule has 3 aromatic rings. The van der Waals surface area contributed by atoms with Crippen LogP contribution in [0.15, 0.2) is 42.6 Å². The highest BCUT2D eigenvalue weighted by atomic mass is 35.5. The average Bonchev–Trinajstić information content (AvgIpc) is 2.89. The number of carboxylic acids is 1. The van der Waals surface area contributed by atoms with Crippen molar-refractivity contribution in [3.05, 3.63) is 58.8 Å². The third-order valence-corrected chi connectivity index (χ3v) is 4.45. The normalized spacial score (nSPS) is 12.2. The number of H-pyrrole nitrogens is 1. The summed E-state index contributed by atoms with van der Waals surface area (Å²) in [5.41, 5.74) is 4.41. The zero-order chi connectivity index (χ0) is 18.2. The van der Waals surface area contributed by atoms with E-state index in [2.05, 4.69) is 30.7 Å². The maximum absolute atomic E-state index is 10.7. The Hall–Kier alpha value is -2.59. The van der Waals surface area contributed by atoms with Gasteiger partial charge in [-0.2, -0.15) is 0 Å². The van der Waals surface area contributed by atoms with Crippen LogP contribution in [0.5, 0.6) is 0 Å². The molecular weight excluding hydrogens is 336 g/mol. The largest absolute Gasteiger partial charge is 0.478 e. The molecule has 5 heteroatoms. The number of aliphatic carboxylic acids is 1. The van der Waals surface area contributed by atoms with E-state index in [-0.39, 0.29) is 5.41 Å². The average molecular weight is 355 g/mol. The third-order valence-electron chi connectivity index (χ3n) is 4.06. The van der Waals surface area contributed by atoms with Crippen LogP contribution >= 0.6 is 11.6 Å². The van der Waals surface area contributed by atoms with Gasteiger partial charge in [0.2, 0.25) is 0 Å². The molecule has 0 atom stereocenters. The molecule has 0 aliphatic carbocycles. The first kappa shape index (κ1) is 17.2. The van der Waals surface area contributed by atoms with Crippen LogP contribution in [0.4, 0.5) is 0 Å². The van der Waals surface area contributed by atoms with E-state index >= 15 is 0 Å². The van der Waals surface area contributed by atoms with Crippen LogP contribution in [0, 0.1) is 0 Å². The summed E-state index contributed by atoms with van der Waals surface area (Å²) in [6.07, 6.45) is 4.44. The quantitative estimate of drug-likeness (QED) is 0.629. The smallest absolute Gasteiger partial charge is 0.328 e. The van der Waals surface area contributed by atoms with Gasteiger partial charge in [-0.15, -0.1) is 0 Å². The van der Waals surface area contributed by atoms with Crippen LogP contribution < -0.4 is 0 Å². The molecule has 0 fully saturated rings. The summed E-state index contributed by atoms with van der Waals surface area (Å²) in [5.74, 6) is -0.982. The minimum absolute atomic E-state index is 0.0188. The molecule has 2 aromatic heterocycles. The predicted octanol–water partition coefficient (Wildman–Crippen LogP) is 5.28. The second-order valence-corrected chi connectivity index (χ2v) is 7.35. The van der Waals surface area contributed by atoms with Gasteiger partial charge in [-0.1, -0.05) is 38.4 Å². The van der Waals surface area contributed by atoms with E-state index in [1.165, 1.54) is 5.56 Å². The second-order valence-electron chi connectivity index (χ2n) is 6.97. The van der Waals surface area contributed by atoms with Crippen molar-refractivity contribution in [2.75, 3.05) is 0 Å². The Morgan fingerprint density at radius 2 is 2.00 bits per heavy atom. The zero-order valence-electron chi connectivity index (χ0n) is 14.3. The lowest BCUT2D eigenvalue weighted by Gasteiger charge is -2.19. The molecule has 0 bridgehead atoms. The number of benzene rings is 1. The number of carboxylic acid groups (broad SMARTS) is 1. The molecule has 1 aromatic carbocycles. The summed E-state index contributed by atoms with van der Waals surface area (Å²) >= 11 is 6.58. The summed E-state index contributed by atoms with van der Waals surface area (Å²) < 4.78 is 0. The Kier molecular flexibility index (Phi) is 4.39. The molecule has 0 aliphatic rings. The van der Waals surface area contributed by atoms with Crippen LogP contribution in [-0.2, 0) is 10.2 Å². The van der Waals surface area contributed by atoms with Crippen LogP contribution in [-0.4, -0.2) is 21.0 Å². The van der Waals surface area contributed by atoms with Crippen molar-refractivity contribution in [2.45, 2.75) is 26.2 Å². The van der Waals surface area contributed by atoms with Gasteiger partial charge in [-0.25, -0.2) is 4.79 Å². The van der Waals surface area contributed by atoms with Crippen LogP contribution in [0.25, 0.3) is 28.4 Å². The SMILES string of the molecule is CC(C)(C)c1ccnc(-c2[nH]c3ccc(/C=C/C(=O)O)cc3c2Cl)c1. The molecule has 0 amide bonds. The van der Waals surface area contributed by atoms with Crippen molar-refractivity contribution in [2.24, 2.45) is 0 Å². The van der Waals surface area contributed by atoms with Gasteiger partial charge < -0.3 is 10.1 Å². The summed E-state index contributed by atoms with van der Waals surface area (Å²) in [6, 6.07) is 9.65. The van der Waals surface area contributed by atoms with E-state index < -0.39 is 5.97 Å². The number of hydrogen-bond donors (Lipinski definition) is 2. The number of rotatable bonds is 3. The highest BCUT2D eigenvalue weighted by Gasteiger charge is 2.17. The van der Waals surface area contributed by atoms with E-state index in [1.807, 2.05) is 30.3 Å². The molecule has 0 radical (unpaired) electrons. The lowest BCUT2D eigenvalue weighted by molar-refractivity contribution is -0.131. The lowest BCUT2D eigenvalue weighted by atomic mass is 9.87. The van der Waals surface area contributed by atoms with Gasteiger partial charge in [0, 0.05) is 23.2 Å². The number of aromatic amines is 1. The number of hydrogen-bond acceptors (Lipinski definition) is 2. The third kappa shape index (κ3) is 3.59. The highest BCUT2D eigenvalue weighted by molar-refractivity contribution is 6.38. The van der Waals surface area contributed by atoms with E-state index in [0.29, 0.717) is 5.02 Å². The predicted molar refractivity (Wildman–Crippen MR) is 102 cm³/mol. The molecule has 0 aliphatic heterocycles. The summed E-state index contributed by atoms with van der Waals surface area (Å²) in [5, 5.41) is 10.2. The first-order valence-electron chi connectivity index (χ1n) is 7.95. The molecule has 4 nitrogen and oxygen atoms in total. The Balaban J connectivity index is 2.09. The van der Waals surface area contributed by atoms with Crippen molar-refractivity contribution < 1.29 is 9.90 Å². The van der Waals surface area contributed by atoms with Crippen molar-refractivity contribution in [3.8, 4) is 11.4 Å². The minimum Gasteiger partial charge on any atom is -0.478 e. The fourth-order valence-electron chi connectivity index (χ4n) is 2.66. The van der Waals surface area contributed by atoms with Gasteiger partial charge in [0.15, 0.2) is 0 Å². The van der Waals surface area contributed by atoms with Crippen molar-refractivity contribution in [3.63, 3.8) is 0 Å². The van der Waals surface area contributed by atoms with Gasteiger partial charge >= 0.3 is 5.97 Å². The van der Waals surface area contributed by atoms with E-state index in [0.717, 1.165) is 33.9 Å². The fourth-order valence-corrected chi connectivity index (χ4v) is 2.96. The number of nitrogens with one attached hydrogen (secondary N) is 1. The number of nitrogens with zero attached hydrogens (tertiary/aromatic N) is 1. The molecule has 0 unspecified atom stereocenters. The molecule has 2 N–H and O–H groups in total. The Morgan fingerprint density at radius 1 is 1.24 bits per heavy atom. The first-order valence-corrected chi connectivity index (χ1v) is 8.32. The molecule has 3 rings (SSSR count). The maximum atomic E-state index is 10.7. The highest BCUT2D eigenvalue weighted by Crippen LogP contribution is 2.35. The molecule has 25 heavy (non-hydrogen) atoms. The summed E-state index contributed by atoms with van der Waals surface area (Å²) in [6.45, 7) is 6.46. The molecule has 0 saturated carbocycles. The first-order chi connectivity index (χ1) is 11.8. The number of aromatic nitrogens is 2. The molecule has 128 valence electrons. The Labute approximate surface area is 151 Å². The van der Waals surface area contributed by atoms with Crippen LogP contribution in [0.2, 0.25) is 5.02 Å². The fraction of sp³-hybridized carbons (Fsp3) is 0.200. The molecular formula is C20H19ClN2O2. The van der Waals surface area contributed by atoms with Crippen LogP contribution in [0.1, 0.15) is 31.9 Å². The molecule has 2 heterocycles. The Bertz CT molecular complexity index is 981. The van der Waals surface area contributed by atoms with Crippen molar-refractivity contribution in [1.29, 1.82) is 0 Å². The maximum Gasteiger partial charge on any atom is 0.328 e. The van der Waals surface area contributed by atoms with Gasteiger partial charge in [0.25, 0.3) is 0 Å². The second kappa shape index (κ2) is 6.37. The number of pyridine rings is 1. The van der Waals surface area contributed by atoms with Crippen molar-refractivity contribution in [1.82, 2.24) is 9.97 Å². The van der Waals surface area contributed by atoms with E-state index in [1.54, 1.807) is 12.3 Å². The molecule has 0 spiro atoms. The number of halogens is 1. The van der Waals surface area contributed by atoms with E-state index in [4.69, 9.17) is 16.7 Å². The Morgan fingerprint density at radius 3 is 2.68 bits per heavy atom. The van der Waals surface area contributed by atoms with Gasteiger partial charge in [-0.05, 0) is 46.9 Å². The van der Waals surface area contributed by atoms with Gasteiger partial charge in [-0.3, -0.25) is 4.98 Å². The zero-order valence-corrected chi connectivity index (χ0v) is 15.1. The minimum atomic E-state index is -0.982. The number of carbonyl (C=O) groups is 1. The van der Waals surface area contributed by atoms with Gasteiger partial charge in [0.05, 0.1) is 16.4 Å². The lowest BCUT2D eigenvalue weighted by Crippen LogP contribution is -2.11. The number of fused-ring (bicyclic) bond motifs is 1. The monoisotopic (exact) mass is 354 g/mol. The molecule has 0 saturated heterocycles. The van der Waals surface area contributed by atoms with Crippen molar-refractivity contribution >= 4 is 34.5 Å². The van der Waals surface area contributed by atoms with E-state index in [9.17, 15) is 4.79 Å². The summed E-state index contributed by atoms with van der Waals surface area (Å²) in [4.78, 5) is 18.4. The summed E-state index contributed by atoms with van der Waals surface area (Å²) in [7, 11) is 0. The van der Waals surface area contributed by atoms with Crippen LogP contribution in [0.3, 0.4) is 0 Å². The topological polar surface area (TPSA) is 66.0 Å². The standard InChI is InChI=1S/C20H19ClN2O2/c1-20(2,3)13-8-9-22-16(11-13)19-18(21)14-10-12(5-7-17(24)25)4-6-15(14)23-19/h4-11,23H,1-3H3,(H,24,25)/b7-5+.